The van der Waals surface area contributed by atoms with Crippen LogP contribution in [0.25, 0.3) is 10.9 Å². The minimum Gasteiger partial charge on any atom is -0.505 e. The zero-order chi connectivity index (χ0) is 10.7. The fourth-order valence-electron chi connectivity index (χ4n) is 1.59. The Morgan fingerprint density at radius 1 is 1.20 bits per heavy atom. The molecule has 0 unspecified atom stereocenters. The summed E-state index contributed by atoms with van der Waals surface area (Å²) in [6, 6.07) is 7.51. The molecule has 0 aliphatic heterocycles. The Kier molecular flexibility index (Phi) is 2.81. The Morgan fingerprint density at radius 3 is 2.80 bits per heavy atom. The number of nitrogens with zero attached hydrogens (tertiary/aromatic N) is 2. The number of rotatable bonds is 3. The number of unbranched alkanes of at least 4 members (excludes halogenated alkanes) is 1. The van der Waals surface area contributed by atoms with Crippen molar-refractivity contribution in [1.82, 2.24) is 10.2 Å². The molecular formula is C12H14N2O. The molecule has 1 heterocycles. The first-order valence-electron chi connectivity index (χ1n) is 5.26. The molecule has 0 saturated heterocycles. The van der Waals surface area contributed by atoms with Crippen LogP contribution in [0.1, 0.15) is 25.5 Å². The number of hydrogen-bond donors (Lipinski definition) is 1. The molecule has 0 atom stereocenters. The van der Waals surface area contributed by atoms with Gasteiger partial charge >= 0.3 is 0 Å². The summed E-state index contributed by atoms with van der Waals surface area (Å²) < 4.78 is 0. The zero-order valence-corrected chi connectivity index (χ0v) is 8.77. The Labute approximate surface area is 88.8 Å². The predicted octanol–water partition coefficient (Wildman–Crippen LogP) is 2.68. The summed E-state index contributed by atoms with van der Waals surface area (Å²) in [6.07, 6.45) is 2.91. The molecule has 0 aliphatic rings. The molecule has 0 fully saturated rings. The highest BCUT2D eigenvalue weighted by Crippen LogP contribution is 2.25. The summed E-state index contributed by atoms with van der Waals surface area (Å²) in [7, 11) is 0. The van der Waals surface area contributed by atoms with Gasteiger partial charge in [-0.3, -0.25) is 0 Å². The van der Waals surface area contributed by atoms with E-state index in [9.17, 15) is 5.11 Å². The van der Waals surface area contributed by atoms with Crippen LogP contribution in [0.4, 0.5) is 0 Å². The molecule has 1 aromatic carbocycles. The van der Waals surface area contributed by atoms with Gasteiger partial charge in [0.15, 0.2) is 0 Å². The van der Waals surface area contributed by atoms with E-state index in [1.807, 2.05) is 24.3 Å². The van der Waals surface area contributed by atoms with E-state index in [1.54, 1.807) is 0 Å². The third kappa shape index (κ3) is 1.91. The lowest BCUT2D eigenvalue weighted by Crippen LogP contribution is -1.95. The van der Waals surface area contributed by atoms with Crippen molar-refractivity contribution >= 4 is 10.9 Å². The first kappa shape index (κ1) is 9.90. The second-order valence-electron chi connectivity index (χ2n) is 3.62. The molecule has 0 amide bonds. The topological polar surface area (TPSA) is 46.0 Å². The number of hydrogen-bond acceptors (Lipinski definition) is 3. The van der Waals surface area contributed by atoms with Crippen molar-refractivity contribution in [3.8, 4) is 5.75 Å². The van der Waals surface area contributed by atoms with Crippen LogP contribution in [0.5, 0.6) is 5.75 Å². The molecule has 2 aromatic rings. The van der Waals surface area contributed by atoms with E-state index in [-0.39, 0.29) is 5.75 Å². The first-order valence-corrected chi connectivity index (χ1v) is 5.26. The van der Waals surface area contributed by atoms with Crippen molar-refractivity contribution in [2.24, 2.45) is 0 Å². The molecule has 1 N–H and O–H groups in total. The monoisotopic (exact) mass is 202 g/mol. The zero-order valence-electron chi connectivity index (χ0n) is 8.77. The van der Waals surface area contributed by atoms with E-state index in [2.05, 4.69) is 17.1 Å². The SMILES string of the molecule is CCCCc1nnc2ccccc2c1O. The highest BCUT2D eigenvalue weighted by molar-refractivity contribution is 5.84. The maximum absolute atomic E-state index is 9.97. The Bertz CT molecular complexity index is 468. The van der Waals surface area contributed by atoms with Gasteiger partial charge in [0.05, 0.1) is 5.52 Å². The molecule has 3 heteroatoms. The molecule has 3 nitrogen and oxygen atoms in total. The second-order valence-corrected chi connectivity index (χ2v) is 3.62. The Morgan fingerprint density at radius 2 is 2.00 bits per heavy atom. The van der Waals surface area contributed by atoms with E-state index in [0.717, 1.165) is 30.2 Å². The van der Waals surface area contributed by atoms with Crippen molar-refractivity contribution in [1.29, 1.82) is 0 Å². The van der Waals surface area contributed by atoms with Gasteiger partial charge in [-0.15, -0.1) is 5.10 Å². The van der Waals surface area contributed by atoms with E-state index >= 15 is 0 Å². The van der Waals surface area contributed by atoms with E-state index < -0.39 is 0 Å². The van der Waals surface area contributed by atoms with Crippen LogP contribution < -0.4 is 0 Å². The van der Waals surface area contributed by atoms with Crippen molar-refractivity contribution in [2.75, 3.05) is 0 Å². The summed E-state index contributed by atoms with van der Waals surface area (Å²) in [5.41, 5.74) is 1.45. The summed E-state index contributed by atoms with van der Waals surface area (Å²) in [6.45, 7) is 2.12. The lowest BCUT2D eigenvalue weighted by molar-refractivity contribution is 0.467. The largest absolute Gasteiger partial charge is 0.505 e. The van der Waals surface area contributed by atoms with Crippen LogP contribution in [-0.2, 0) is 6.42 Å². The van der Waals surface area contributed by atoms with Gasteiger partial charge in [0, 0.05) is 5.39 Å². The van der Waals surface area contributed by atoms with Crippen molar-refractivity contribution in [2.45, 2.75) is 26.2 Å². The average molecular weight is 202 g/mol. The molecule has 0 radical (unpaired) electrons. The van der Waals surface area contributed by atoms with Gasteiger partial charge in [-0.1, -0.05) is 25.5 Å². The quantitative estimate of drug-likeness (QED) is 0.832. The third-order valence-electron chi connectivity index (χ3n) is 2.48. The number of aromatic hydroxyl groups is 1. The molecular weight excluding hydrogens is 188 g/mol. The predicted molar refractivity (Wildman–Crippen MR) is 59.8 cm³/mol. The van der Waals surface area contributed by atoms with Gasteiger partial charge < -0.3 is 5.11 Å². The second kappa shape index (κ2) is 4.26. The van der Waals surface area contributed by atoms with Crippen molar-refractivity contribution < 1.29 is 5.11 Å². The highest BCUT2D eigenvalue weighted by atomic mass is 16.3. The van der Waals surface area contributed by atoms with E-state index in [1.165, 1.54) is 0 Å². The molecule has 78 valence electrons. The maximum atomic E-state index is 9.97. The van der Waals surface area contributed by atoms with Crippen molar-refractivity contribution in [3.63, 3.8) is 0 Å². The molecule has 0 spiro atoms. The van der Waals surface area contributed by atoms with Crippen LogP contribution in [0, 0.1) is 0 Å². The van der Waals surface area contributed by atoms with Crippen LogP contribution in [0.2, 0.25) is 0 Å². The van der Waals surface area contributed by atoms with E-state index in [0.29, 0.717) is 5.69 Å². The van der Waals surface area contributed by atoms with Crippen LogP contribution in [-0.4, -0.2) is 15.3 Å². The van der Waals surface area contributed by atoms with Crippen LogP contribution >= 0.6 is 0 Å². The van der Waals surface area contributed by atoms with Gasteiger partial charge in [-0.05, 0) is 25.0 Å². The number of aromatic nitrogens is 2. The fraction of sp³-hybridized carbons (Fsp3) is 0.333. The lowest BCUT2D eigenvalue weighted by atomic mass is 10.1. The van der Waals surface area contributed by atoms with Gasteiger partial charge in [0.1, 0.15) is 11.4 Å². The first-order chi connectivity index (χ1) is 7.33. The number of aryl methyl sites for hydroxylation is 1. The summed E-state index contributed by atoms with van der Waals surface area (Å²) in [5.74, 6) is 0.286. The summed E-state index contributed by atoms with van der Waals surface area (Å²) in [4.78, 5) is 0. The molecule has 1 aromatic heterocycles. The lowest BCUT2D eigenvalue weighted by Gasteiger charge is -2.04. The smallest absolute Gasteiger partial charge is 0.148 e. The van der Waals surface area contributed by atoms with Gasteiger partial charge in [-0.2, -0.15) is 5.10 Å². The van der Waals surface area contributed by atoms with Gasteiger partial charge in [-0.25, -0.2) is 0 Å². The molecule has 15 heavy (non-hydrogen) atoms. The fourth-order valence-corrected chi connectivity index (χ4v) is 1.59. The maximum Gasteiger partial charge on any atom is 0.148 e. The third-order valence-corrected chi connectivity index (χ3v) is 2.48. The molecule has 0 saturated carbocycles. The van der Waals surface area contributed by atoms with Crippen LogP contribution in [0.15, 0.2) is 24.3 Å². The minimum atomic E-state index is 0.286. The summed E-state index contributed by atoms with van der Waals surface area (Å²) in [5, 5.41) is 18.9. The van der Waals surface area contributed by atoms with Gasteiger partial charge in [0.2, 0.25) is 0 Å². The molecule has 0 bridgehead atoms. The summed E-state index contributed by atoms with van der Waals surface area (Å²) >= 11 is 0. The Hall–Kier alpha value is -1.64. The normalized spacial score (nSPS) is 10.7. The van der Waals surface area contributed by atoms with Crippen molar-refractivity contribution in [3.05, 3.63) is 30.0 Å². The van der Waals surface area contributed by atoms with E-state index in [4.69, 9.17) is 0 Å². The average Bonchev–Trinajstić information content (AvgIpc) is 2.29. The minimum absolute atomic E-state index is 0.286. The molecule has 2 rings (SSSR count). The number of benzene rings is 1. The highest BCUT2D eigenvalue weighted by Gasteiger charge is 2.07. The van der Waals surface area contributed by atoms with Crippen LogP contribution in [0.3, 0.4) is 0 Å². The number of fused-ring (bicyclic) bond motifs is 1. The molecule has 0 aliphatic carbocycles. The Balaban J connectivity index is 2.45. The standard InChI is InChI=1S/C12H14N2O/c1-2-3-7-11-12(15)9-6-4-5-8-10(9)13-14-11/h4-6,8H,2-3,7H2,1H3,(H,13,15). The van der Waals surface area contributed by atoms with Gasteiger partial charge in [0.25, 0.3) is 0 Å².